The quantitative estimate of drug-likeness (QED) is 0.493. The Morgan fingerprint density at radius 3 is 2.63 bits per heavy atom. The Hall–Kier alpha value is -1.74. The fraction of sp³-hybridized carbons (Fsp3) is 0.455. The standard InChI is InChI=1S/C11H14N2O6/c1-2-5-3-13(11(18)12-9(5)17)10-8(16)7(15)6(4-14)19-10/h2-3,6-8,10,14-16H,1,4H2,(H,12,17,18)/t6-,7?,8?,10-/m0/s1. The van der Waals surface area contributed by atoms with E-state index in [0.29, 0.717) is 0 Å². The van der Waals surface area contributed by atoms with Crippen molar-refractivity contribution in [2.45, 2.75) is 24.5 Å². The summed E-state index contributed by atoms with van der Waals surface area (Å²) in [5, 5.41) is 28.4. The van der Waals surface area contributed by atoms with Gasteiger partial charge in [-0.15, -0.1) is 0 Å². The maximum absolute atomic E-state index is 11.7. The molecule has 1 aliphatic heterocycles. The van der Waals surface area contributed by atoms with E-state index in [9.17, 15) is 19.8 Å². The first-order valence-electron chi connectivity index (χ1n) is 5.60. The molecule has 104 valence electrons. The Labute approximate surface area is 107 Å². The van der Waals surface area contributed by atoms with E-state index in [4.69, 9.17) is 9.84 Å². The van der Waals surface area contributed by atoms with E-state index in [1.165, 1.54) is 12.3 Å². The van der Waals surface area contributed by atoms with Crippen LogP contribution in [0.5, 0.6) is 0 Å². The van der Waals surface area contributed by atoms with E-state index in [-0.39, 0.29) is 5.56 Å². The van der Waals surface area contributed by atoms with E-state index in [2.05, 4.69) is 6.58 Å². The smallest absolute Gasteiger partial charge is 0.330 e. The van der Waals surface area contributed by atoms with Gasteiger partial charge in [-0.3, -0.25) is 14.3 Å². The fourth-order valence-corrected chi connectivity index (χ4v) is 1.95. The van der Waals surface area contributed by atoms with Gasteiger partial charge in [-0.25, -0.2) is 4.79 Å². The average molecular weight is 270 g/mol. The number of aliphatic hydroxyl groups is 3. The van der Waals surface area contributed by atoms with Crippen molar-refractivity contribution >= 4 is 6.08 Å². The second kappa shape index (κ2) is 5.10. The highest BCUT2D eigenvalue weighted by molar-refractivity contribution is 5.43. The molecule has 2 heterocycles. The molecule has 4 atom stereocenters. The monoisotopic (exact) mass is 270 g/mol. The normalized spacial score (nSPS) is 30.5. The SMILES string of the molecule is C=Cc1cn([C@H]2O[C@@H](CO)C(O)C2O)c(=O)[nH]c1=O. The topological polar surface area (TPSA) is 125 Å². The number of nitrogens with one attached hydrogen (secondary N) is 1. The third-order valence-electron chi connectivity index (χ3n) is 3.01. The molecule has 0 aromatic carbocycles. The molecule has 1 saturated heterocycles. The van der Waals surface area contributed by atoms with E-state index in [1.54, 1.807) is 0 Å². The van der Waals surface area contributed by atoms with Crippen molar-refractivity contribution < 1.29 is 20.1 Å². The highest BCUT2D eigenvalue weighted by atomic mass is 16.6. The lowest BCUT2D eigenvalue weighted by atomic mass is 10.1. The molecule has 8 heteroatoms. The van der Waals surface area contributed by atoms with Crippen LogP contribution in [0.15, 0.2) is 22.4 Å². The lowest BCUT2D eigenvalue weighted by molar-refractivity contribution is -0.0550. The fourth-order valence-electron chi connectivity index (χ4n) is 1.95. The van der Waals surface area contributed by atoms with E-state index < -0.39 is 42.4 Å². The summed E-state index contributed by atoms with van der Waals surface area (Å²) in [5.74, 6) is 0. The Balaban J connectivity index is 2.46. The molecule has 0 aliphatic carbocycles. The molecule has 2 unspecified atom stereocenters. The summed E-state index contributed by atoms with van der Waals surface area (Å²) in [7, 11) is 0. The van der Waals surface area contributed by atoms with E-state index in [0.717, 1.165) is 4.57 Å². The van der Waals surface area contributed by atoms with Crippen molar-refractivity contribution in [3.05, 3.63) is 39.2 Å². The molecule has 0 spiro atoms. The highest BCUT2D eigenvalue weighted by Gasteiger charge is 2.43. The van der Waals surface area contributed by atoms with Gasteiger partial charge < -0.3 is 20.1 Å². The minimum atomic E-state index is -1.39. The van der Waals surface area contributed by atoms with Gasteiger partial charge in [-0.05, 0) is 0 Å². The Kier molecular flexibility index (Phi) is 3.67. The highest BCUT2D eigenvalue weighted by Crippen LogP contribution is 2.27. The van der Waals surface area contributed by atoms with Crippen LogP contribution >= 0.6 is 0 Å². The van der Waals surface area contributed by atoms with Gasteiger partial charge in [-0.1, -0.05) is 12.7 Å². The summed E-state index contributed by atoms with van der Waals surface area (Å²) >= 11 is 0. The molecule has 4 N–H and O–H groups in total. The maximum Gasteiger partial charge on any atom is 0.330 e. The van der Waals surface area contributed by atoms with Gasteiger partial charge in [-0.2, -0.15) is 0 Å². The molecule has 1 aliphatic rings. The van der Waals surface area contributed by atoms with Crippen LogP contribution in [0.3, 0.4) is 0 Å². The van der Waals surface area contributed by atoms with Gasteiger partial charge in [0.15, 0.2) is 6.23 Å². The number of rotatable bonds is 3. The van der Waals surface area contributed by atoms with Crippen LogP contribution in [0.1, 0.15) is 11.8 Å². The van der Waals surface area contributed by atoms with Crippen LogP contribution in [0.4, 0.5) is 0 Å². The van der Waals surface area contributed by atoms with Gasteiger partial charge >= 0.3 is 5.69 Å². The van der Waals surface area contributed by atoms with Crippen LogP contribution < -0.4 is 11.2 Å². The molecule has 8 nitrogen and oxygen atoms in total. The summed E-state index contributed by atoms with van der Waals surface area (Å²) in [4.78, 5) is 25.1. The van der Waals surface area contributed by atoms with E-state index >= 15 is 0 Å². The average Bonchev–Trinajstić information content (AvgIpc) is 2.67. The van der Waals surface area contributed by atoms with Gasteiger partial charge in [0.1, 0.15) is 18.3 Å². The van der Waals surface area contributed by atoms with Gasteiger partial charge in [0.2, 0.25) is 0 Å². The van der Waals surface area contributed by atoms with Crippen molar-refractivity contribution in [3.63, 3.8) is 0 Å². The minimum absolute atomic E-state index is 0.123. The minimum Gasteiger partial charge on any atom is -0.394 e. The van der Waals surface area contributed by atoms with Crippen molar-refractivity contribution in [2.24, 2.45) is 0 Å². The molecule has 2 rings (SSSR count). The van der Waals surface area contributed by atoms with Crippen molar-refractivity contribution in [1.29, 1.82) is 0 Å². The molecule has 1 aromatic rings. The largest absolute Gasteiger partial charge is 0.394 e. The second-order valence-corrected chi connectivity index (χ2v) is 4.18. The summed E-state index contributed by atoms with van der Waals surface area (Å²) in [6.07, 6.45) is -2.47. The van der Waals surface area contributed by atoms with Crippen LogP contribution in [0, 0.1) is 0 Å². The molecular weight excluding hydrogens is 256 g/mol. The number of hydrogen-bond donors (Lipinski definition) is 4. The van der Waals surface area contributed by atoms with Gasteiger partial charge in [0.25, 0.3) is 5.56 Å². The Morgan fingerprint density at radius 2 is 2.11 bits per heavy atom. The molecule has 19 heavy (non-hydrogen) atoms. The number of H-pyrrole nitrogens is 1. The third kappa shape index (κ3) is 2.26. The number of aliphatic hydroxyl groups excluding tert-OH is 3. The lowest BCUT2D eigenvalue weighted by Crippen LogP contribution is -2.38. The van der Waals surface area contributed by atoms with Crippen LogP contribution in [0.25, 0.3) is 6.08 Å². The molecular formula is C11H14N2O6. The molecule has 0 bridgehead atoms. The zero-order chi connectivity index (χ0) is 14.2. The van der Waals surface area contributed by atoms with Crippen LogP contribution in [-0.2, 0) is 4.74 Å². The lowest BCUT2D eigenvalue weighted by Gasteiger charge is -2.17. The first-order chi connectivity index (χ1) is 8.99. The molecule has 0 saturated carbocycles. The number of aromatic amines is 1. The predicted molar refractivity (Wildman–Crippen MR) is 64.4 cm³/mol. The first kappa shape index (κ1) is 13.7. The van der Waals surface area contributed by atoms with Gasteiger partial charge in [0, 0.05) is 6.20 Å². The zero-order valence-electron chi connectivity index (χ0n) is 9.89. The van der Waals surface area contributed by atoms with Crippen LogP contribution in [-0.4, -0.2) is 49.8 Å². The van der Waals surface area contributed by atoms with Gasteiger partial charge in [0.05, 0.1) is 12.2 Å². The summed E-state index contributed by atoms with van der Waals surface area (Å²) in [6.45, 7) is 2.93. The molecule has 0 radical (unpaired) electrons. The number of aromatic nitrogens is 2. The van der Waals surface area contributed by atoms with Crippen molar-refractivity contribution in [3.8, 4) is 0 Å². The number of ether oxygens (including phenoxy) is 1. The summed E-state index contributed by atoms with van der Waals surface area (Å²) < 4.78 is 6.14. The second-order valence-electron chi connectivity index (χ2n) is 4.18. The zero-order valence-corrected chi connectivity index (χ0v) is 9.89. The van der Waals surface area contributed by atoms with Crippen molar-refractivity contribution in [1.82, 2.24) is 9.55 Å². The number of hydrogen-bond acceptors (Lipinski definition) is 6. The van der Waals surface area contributed by atoms with Crippen molar-refractivity contribution in [2.75, 3.05) is 6.61 Å². The van der Waals surface area contributed by atoms with E-state index in [1.807, 2.05) is 4.98 Å². The molecule has 0 amide bonds. The Morgan fingerprint density at radius 1 is 1.42 bits per heavy atom. The summed E-state index contributed by atoms with van der Waals surface area (Å²) in [5.41, 5.74) is -1.27. The molecule has 1 fully saturated rings. The maximum atomic E-state index is 11.7. The summed E-state index contributed by atoms with van der Waals surface area (Å²) in [6, 6.07) is 0. The predicted octanol–water partition coefficient (Wildman–Crippen LogP) is -2.21. The third-order valence-corrected chi connectivity index (χ3v) is 3.01. The first-order valence-corrected chi connectivity index (χ1v) is 5.60. The molecule has 1 aromatic heterocycles. The number of nitrogens with zero attached hydrogens (tertiary/aromatic N) is 1. The Bertz CT molecular complexity index is 592. The van der Waals surface area contributed by atoms with Crippen LogP contribution in [0.2, 0.25) is 0 Å².